The average molecular weight is 721 g/mol. The molecule has 7 atom stereocenters. The number of ether oxygens (including phenoxy) is 1. The Bertz CT molecular complexity index is 1450. The van der Waals surface area contributed by atoms with Crippen molar-refractivity contribution >= 4 is 93.8 Å². The molecule has 3 unspecified atom stereocenters. The van der Waals surface area contributed by atoms with E-state index in [4.69, 9.17) is 66.7 Å². The lowest BCUT2D eigenvalue weighted by Crippen LogP contribution is -2.33. The van der Waals surface area contributed by atoms with Crippen LogP contribution in [-0.4, -0.2) is 86.7 Å². The van der Waals surface area contributed by atoms with E-state index >= 15 is 0 Å². The molecule has 1 saturated heterocycles. The molecule has 0 aromatic carbocycles. The second kappa shape index (κ2) is 10.9. The number of halogens is 4. The summed E-state index contributed by atoms with van der Waals surface area (Å²) in [4.78, 5) is 59.8. The monoisotopic (exact) mass is 719 g/mol. The van der Waals surface area contributed by atoms with E-state index in [1.165, 1.54) is 0 Å². The first-order chi connectivity index (χ1) is 17.5. The molecule has 19 nitrogen and oxygen atoms in total. The lowest BCUT2D eigenvalue weighted by atomic mass is 10.1. The number of hydrogen-bond donors (Lipinski definition) is 8. The number of phosphoric acid groups is 1. The molecule has 1 aliphatic heterocycles. The van der Waals surface area contributed by atoms with E-state index in [9.17, 15) is 43.2 Å². The molecule has 3 rings (SSSR count). The van der Waals surface area contributed by atoms with Crippen LogP contribution in [0.4, 0.5) is 5.82 Å². The highest BCUT2D eigenvalue weighted by Crippen LogP contribution is 2.90. The first-order valence-corrected chi connectivity index (χ1v) is 17.4. The first-order valence-electron chi connectivity index (χ1n) is 9.59. The average Bonchev–Trinajstić information content (AvgIpc) is 3.33. The summed E-state index contributed by atoms with van der Waals surface area (Å²) in [7, 11) is -24.4. The third-order valence-electron chi connectivity index (χ3n) is 5.03. The smallest absolute Gasteiger partial charge is 0.387 e. The second-order valence-corrected chi connectivity index (χ2v) is 20.9. The molecule has 2 aromatic heterocycles. The number of nitrogens with zero attached hydrogens (tertiary/aromatic N) is 4. The minimum atomic E-state index is -6.30. The molecule has 27 heteroatoms. The minimum absolute atomic E-state index is 0.0121. The predicted octanol–water partition coefficient (Wildman–Crippen LogP) is 0.973. The summed E-state index contributed by atoms with van der Waals surface area (Å²) in [6.45, 7) is -1.13. The van der Waals surface area contributed by atoms with E-state index in [0.29, 0.717) is 0 Å². The van der Waals surface area contributed by atoms with Crippen LogP contribution in [0.1, 0.15) is 6.23 Å². The van der Waals surface area contributed by atoms with Crippen LogP contribution in [0.5, 0.6) is 0 Å². The first kappa shape index (κ1) is 33.5. The molecule has 0 bridgehead atoms. The van der Waals surface area contributed by atoms with Crippen molar-refractivity contribution in [1.29, 1.82) is 0 Å². The van der Waals surface area contributed by atoms with Gasteiger partial charge in [-0.1, -0.05) is 46.4 Å². The van der Waals surface area contributed by atoms with Gasteiger partial charge in [0.1, 0.15) is 30.2 Å². The molecule has 0 radical (unpaired) electrons. The zero-order valence-electron chi connectivity index (χ0n) is 18.3. The van der Waals surface area contributed by atoms with Gasteiger partial charge in [0.2, 0.25) is 0 Å². The number of aromatic nitrogens is 4. The van der Waals surface area contributed by atoms with Crippen molar-refractivity contribution in [3.63, 3.8) is 0 Å². The Morgan fingerprint density at radius 1 is 0.974 bits per heavy atom. The van der Waals surface area contributed by atoms with Gasteiger partial charge in [-0.25, -0.2) is 23.8 Å². The normalized spacial score (nSPS) is 27.7. The van der Waals surface area contributed by atoms with Crippen LogP contribution in [0.2, 0.25) is 0 Å². The minimum Gasteiger partial charge on any atom is -0.387 e. The molecule has 1 aliphatic rings. The Balaban J connectivity index is 1.76. The zero-order chi connectivity index (χ0) is 30.0. The van der Waals surface area contributed by atoms with Crippen molar-refractivity contribution in [3.8, 4) is 0 Å². The van der Waals surface area contributed by atoms with Crippen LogP contribution in [0.25, 0.3) is 11.2 Å². The lowest BCUT2D eigenvalue weighted by molar-refractivity contribution is -0.0501. The number of aliphatic hydroxyl groups excluding tert-OH is 2. The number of nitrogens with two attached hydrogens (primary N) is 1. The van der Waals surface area contributed by atoms with Gasteiger partial charge in [0, 0.05) is 0 Å². The van der Waals surface area contributed by atoms with Crippen LogP contribution >= 0.6 is 76.8 Å². The van der Waals surface area contributed by atoms with Gasteiger partial charge in [0.15, 0.2) is 17.7 Å². The molecule has 222 valence electrons. The maximum Gasteiger partial charge on any atom is 0.479 e. The fourth-order valence-electron chi connectivity index (χ4n) is 3.04. The molecular formula is C12H17Cl4N5O14P4. The summed E-state index contributed by atoms with van der Waals surface area (Å²) in [5.74, 6) is -0.0121. The summed E-state index contributed by atoms with van der Waals surface area (Å²) in [5, 5.41) is 20.7. The molecule has 0 amide bonds. The standard InChI is InChI=1S/C12H17Cl4N5O14P4/c13-11(14,37(26,27)28)36(24,25)12(15,16)38(29,30)35-39(31,32)33-1-4-6(22)7(23)10(34-4)21-3-20-5-8(17)18-2-19-9(5)21/h2-4,6-7,10,22-23H,1H2,(H,24,25)(H,29,30)(H,31,32)(H2,17,18,19)(H2,26,27,28)/t4-,6-,7-,10-/m1/s1. The number of hydrogen-bond acceptors (Lipinski definition) is 13. The summed E-state index contributed by atoms with van der Waals surface area (Å²) in [6.07, 6.45) is -4.30. The Morgan fingerprint density at radius 2 is 1.56 bits per heavy atom. The van der Waals surface area contributed by atoms with Crippen molar-refractivity contribution in [2.24, 2.45) is 0 Å². The molecule has 0 saturated carbocycles. The molecule has 9 N–H and O–H groups in total. The van der Waals surface area contributed by atoms with E-state index in [2.05, 4.69) is 23.8 Å². The number of alkyl halides is 4. The summed E-state index contributed by atoms with van der Waals surface area (Å²) in [6, 6.07) is 0. The van der Waals surface area contributed by atoms with Crippen LogP contribution in [-0.2, 0) is 31.8 Å². The second-order valence-electron chi connectivity index (χ2n) is 7.63. The van der Waals surface area contributed by atoms with E-state index in [1.54, 1.807) is 0 Å². The zero-order valence-corrected chi connectivity index (χ0v) is 24.9. The van der Waals surface area contributed by atoms with Crippen molar-refractivity contribution in [2.45, 2.75) is 32.2 Å². The van der Waals surface area contributed by atoms with Crippen LogP contribution in [0.15, 0.2) is 12.7 Å². The topological polar surface area (TPSA) is 307 Å². The highest BCUT2D eigenvalue weighted by atomic mass is 35.5. The third kappa shape index (κ3) is 5.96. The van der Waals surface area contributed by atoms with Gasteiger partial charge in [0.25, 0.3) is 15.0 Å². The molecule has 0 spiro atoms. The van der Waals surface area contributed by atoms with Gasteiger partial charge in [-0.2, -0.15) is 0 Å². The Kier molecular flexibility index (Phi) is 9.41. The number of nitrogen functional groups attached to an aromatic ring is 1. The van der Waals surface area contributed by atoms with Crippen molar-refractivity contribution < 1.29 is 66.5 Å². The van der Waals surface area contributed by atoms with Crippen LogP contribution in [0.3, 0.4) is 0 Å². The van der Waals surface area contributed by atoms with Crippen LogP contribution < -0.4 is 5.73 Å². The molecule has 1 fully saturated rings. The van der Waals surface area contributed by atoms with E-state index < -0.39 is 69.2 Å². The maximum absolute atomic E-state index is 12.6. The number of rotatable bonds is 10. The quantitative estimate of drug-likeness (QED) is 0.125. The number of aliphatic hydroxyl groups is 2. The molecule has 39 heavy (non-hydrogen) atoms. The molecule has 3 heterocycles. The predicted molar refractivity (Wildman–Crippen MR) is 133 cm³/mol. The molecular weight excluding hydrogens is 704 g/mol. The van der Waals surface area contributed by atoms with Gasteiger partial charge in [0.05, 0.1) is 12.9 Å². The van der Waals surface area contributed by atoms with Crippen LogP contribution in [0, 0.1) is 0 Å². The van der Waals surface area contributed by atoms with Crippen molar-refractivity contribution in [2.75, 3.05) is 12.3 Å². The lowest BCUT2D eigenvalue weighted by Gasteiger charge is -2.35. The maximum atomic E-state index is 12.6. The molecule has 2 aromatic rings. The van der Waals surface area contributed by atoms with Crippen molar-refractivity contribution in [1.82, 2.24) is 19.5 Å². The molecule has 0 aliphatic carbocycles. The van der Waals surface area contributed by atoms with E-state index in [0.717, 1.165) is 17.2 Å². The van der Waals surface area contributed by atoms with Gasteiger partial charge in [-0.3, -0.25) is 22.8 Å². The highest BCUT2D eigenvalue weighted by molar-refractivity contribution is 7.92. The Labute approximate surface area is 236 Å². The fraction of sp³-hybridized carbons (Fsp3) is 0.583. The van der Waals surface area contributed by atoms with Gasteiger partial charge >= 0.3 is 23.0 Å². The van der Waals surface area contributed by atoms with Crippen molar-refractivity contribution in [3.05, 3.63) is 12.7 Å². The van der Waals surface area contributed by atoms with E-state index in [-0.39, 0.29) is 17.0 Å². The van der Waals surface area contributed by atoms with Gasteiger partial charge in [-0.15, -0.1) is 0 Å². The number of imidazole rings is 1. The SMILES string of the molecule is Nc1ncnc2c1ncn2[C@@H]1O[C@H](COP(=O)(O)OP(=O)(O)C(Cl)(Cl)P(=O)(O)C(Cl)(Cl)P(=O)(O)O)[C@@H](O)[C@H]1O. The number of anilines is 1. The Hall–Kier alpha value is 0.0300. The third-order valence-corrected chi connectivity index (χ3v) is 18.6. The highest BCUT2D eigenvalue weighted by Gasteiger charge is 2.74. The van der Waals surface area contributed by atoms with E-state index in [1.807, 2.05) is 0 Å². The summed E-state index contributed by atoms with van der Waals surface area (Å²) in [5.41, 5.74) is 5.89. The number of fused-ring (bicyclic) bond motifs is 1. The fourth-order valence-corrected chi connectivity index (χ4v) is 13.0. The largest absolute Gasteiger partial charge is 0.479 e. The van der Waals surface area contributed by atoms with Gasteiger partial charge < -0.3 is 45.2 Å². The van der Waals surface area contributed by atoms with Gasteiger partial charge in [-0.05, 0) is 0 Å². The Morgan fingerprint density at radius 3 is 2.13 bits per heavy atom. The summed E-state index contributed by atoms with van der Waals surface area (Å²) >= 11 is 21.3. The number of phosphoric ester groups is 1. The summed E-state index contributed by atoms with van der Waals surface area (Å²) < 4.78 is 55.6.